The van der Waals surface area contributed by atoms with E-state index >= 15 is 0 Å². The number of rotatable bonds is 3. The number of ether oxygens (including phenoxy) is 2. The van der Waals surface area contributed by atoms with E-state index in [1.807, 2.05) is 18.2 Å². The summed E-state index contributed by atoms with van der Waals surface area (Å²) in [5.41, 5.74) is 1.06. The van der Waals surface area contributed by atoms with Gasteiger partial charge >= 0.3 is 0 Å². The average molecular weight is 302 g/mol. The second-order valence-electron chi connectivity index (χ2n) is 4.38. The van der Waals surface area contributed by atoms with Crippen LogP contribution in [0.25, 0.3) is 0 Å². The third kappa shape index (κ3) is 3.57. The van der Waals surface area contributed by atoms with E-state index < -0.39 is 0 Å². The van der Waals surface area contributed by atoms with Crippen LogP contribution in [-0.2, 0) is 6.54 Å². The third-order valence-corrected chi connectivity index (χ3v) is 3.11. The first kappa shape index (κ1) is 13.6. The van der Waals surface area contributed by atoms with Crippen molar-refractivity contribution >= 4 is 23.1 Å². The fraction of sp³-hybridized carbons (Fsp3) is 0.214. The van der Waals surface area contributed by atoms with Crippen molar-refractivity contribution in [1.29, 1.82) is 0 Å². The lowest BCUT2D eigenvalue weighted by Gasteiger charge is -2.19. The molecule has 0 radical (unpaired) electrons. The van der Waals surface area contributed by atoms with Gasteiger partial charge in [0.2, 0.25) is 0 Å². The molecule has 0 aliphatic carbocycles. The van der Waals surface area contributed by atoms with E-state index in [9.17, 15) is 0 Å². The molecule has 7 heteroatoms. The molecule has 1 aliphatic rings. The van der Waals surface area contributed by atoms with Gasteiger partial charge in [-0.2, -0.15) is 0 Å². The largest absolute Gasteiger partial charge is 0.486 e. The summed E-state index contributed by atoms with van der Waals surface area (Å²) in [6, 6.07) is 5.84. The number of nitrogens with zero attached hydrogens (tertiary/aromatic N) is 2. The quantitative estimate of drug-likeness (QED) is 0.837. The summed E-state index contributed by atoms with van der Waals surface area (Å²) in [6.45, 7) is 1.76. The zero-order chi connectivity index (χ0) is 14.5. The number of hydrogen-bond donors (Lipinski definition) is 2. The zero-order valence-electron chi connectivity index (χ0n) is 11.2. The fourth-order valence-electron chi connectivity index (χ4n) is 1.90. The molecule has 108 valence electrons. The van der Waals surface area contributed by atoms with Crippen LogP contribution in [-0.4, -0.2) is 28.3 Å². The molecule has 0 bridgehead atoms. The second-order valence-corrected chi connectivity index (χ2v) is 4.78. The smallest absolute Gasteiger partial charge is 0.172 e. The molecular weight excluding hydrogens is 288 g/mol. The molecule has 3 rings (SSSR count). The Kier molecular flexibility index (Phi) is 4.11. The number of anilines is 1. The zero-order valence-corrected chi connectivity index (χ0v) is 12.0. The Bertz CT molecular complexity index is 636. The number of fused-ring (bicyclic) bond motifs is 1. The van der Waals surface area contributed by atoms with Gasteiger partial charge in [-0.25, -0.2) is 4.98 Å². The van der Waals surface area contributed by atoms with Gasteiger partial charge in [0.25, 0.3) is 0 Å². The molecule has 0 atom stereocenters. The summed E-state index contributed by atoms with van der Waals surface area (Å²) in [6.07, 6.45) is 4.82. The Labute approximate surface area is 127 Å². The first-order chi connectivity index (χ1) is 10.3. The summed E-state index contributed by atoms with van der Waals surface area (Å²) in [5.74, 6) is 2.16. The SMILES string of the molecule is S=C(NCc1ccc2c(c1)OCCO2)Nc1cnccn1. The molecule has 2 aromatic rings. The molecule has 0 saturated carbocycles. The van der Waals surface area contributed by atoms with Crippen LogP contribution in [0.2, 0.25) is 0 Å². The van der Waals surface area contributed by atoms with Gasteiger partial charge in [0, 0.05) is 18.9 Å². The Morgan fingerprint density at radius 1 is 1.19 bits per heavy atom. The minimum atomic E-state index is 0.491. The molecule has 1 aromatic heterocycles. The summed E-state index contributed by atoms with van der Waals surface area (Å²) >= 11 is 5.21. The van der Waals surface area contributed by atoms with Crippen molar-refractivity contribution in [3.63, 3.8) is 0 Å². The molecule has 1 aliphatic heterocycles. The molecule has 6 nitrogen and oxygen atoms in total. The Balaban J connectivity index is 1.56. The van der Waals surface area contributed by atoms with E-state index in [1.165, 1.54) is 0 Å². The van der Waals surface area contributed by atoms with Gasteiger partial charge < -0.3 is 20.1 Å². The molecular formula is C14H14N4O2S. The van der Waals surface area contributed by atoms with Crippen molar-refractivity contribution in [1.82, 2.24) is 15.3 Å². The summed E-state index contributed by atoms with van der Waals surface area (Å²) in [7, 11) is 0. The van der Waals surface area contributed by atoms with Crippen molar-refractivity contribution < 1.29 is 9.47 Å². The molecule has 0 spiro atoms. The normalized spacial score (nSPS) is 12.6. The first-order valence-corrected chi connectivity index (χ1v) is 6.91. The van der Waals surface area contributed by atoms with E-state index in [2.05, 4.69) is 20.6 Å². The minimum Gasteiger partial charge on any atom is -0.486 e. The van der Waals surface area contributed by atoms with E-state index in [4.69, 9.17) is 21.7 Å². The summed E-state index contributed by atoms with van der Waals surface area (Å²) in [5, 5.41) is 6.57. The van der Waals surface area contributed by atoms with Crippen LogP contribution in [0.5, 0.6) is 11.5 Å². The standard InChI is InChI=1S/C14H14N4O2S/c21-14(18-13-9-15-3-4-16-13)17-8-10-1-2-11-12(7-10)20-6-5-19-11/h1-4,7,9H,5-6,8H2,(H2,16,17,18,21). The van der Waals surface area contributed by atoms with Crippen molar-refractivity contribution in [2.24, 2.45) is 0 Å². The predicted octanol–water partition coefficient (Wildman–Crippen LogP) is 1.73. The molecule has 0 amide bonds. The van der Waals surface area contributed by atoms with Crippen LogP contribution in [0.15, 0.2) is 36.8 Å². The summed E-state index contributed by atoms with van der Waals surface area (Å²) in [4.78, 5) is 8.06. The van der Waals surface area contributed by atoms with E-state index in [1.54, 1.807) is 18.6 Å². The van der Waals surface area contributed by atoms with Gasteiger partial charge in [0.1, 0.15) is 13.2 Å². The topological polar surface area (TPSA) is 68.3 Å². The van der Waals surface area contributed by atoms with Gasteiger partial charge in [-0.05, 0) is 29.9 Å². The Hall–Kier alpha value is -2.41. The van der Waals surface area contributed by atoms with Gasteiger partial charge in [-0.15, -0.1) is 0 Å². The van der Waals surface area contributed by atoms with Crippen molar-refractivity contribution in [3.05, 3.63) is 42.4 Å². The van der Waals surface area contributed by atoms with Gasteiger partial charge in [-0.1, -0.05) is 6.07 Å². The average Bonchev–Trinajstić information content (AvgIpc) is 2.54. The number of thiocarbonyl (C=S) groups is 1. The highest BCUT2D eigenvalue weighted by Crippen LogP contribution is 2.30. The first-order valence-electron chi connectivity index (χ1n) is 6.51. The highest BCUT2D eigenvalue weighted by atomic mass is 32.1. The Morgan fingerprint density at radius 3 is 2.86 bits per heavy atom. The highest BCUT2D eigenvalue weighted by molar-refractivity contribution is 7.80. The third-order valence-electron chi connectivity index (χ3n) is 2.86. The van der Waals surface area contributed by atoms with E-state index in [0.29, 0.717) is 30.7 Å². The molecule has 1 aromatic carbocycles. The summed E-state index contributed by atoms with van der Waals surface area (Å²) < 4.78 is 11.0. The van der Waals surface area contributed by atoms with Crippen molar-refractivity contribution in [3.8, 4) is 11.5 Å². The molecule has 0 saturated heterocycles. The maximum Gasteiger partial charge on any atom is 0.172 e. The predicted molar refractivity (Wildman–Crippen MR) is 82.5 cm³/mol. The van der Waals surface area contributed by atoms with E-state index in [0.717, 1.165) is 17.1 Å². The van der Waals surface area contributed by atoms with Crippen LogP contribution >= 0.6 is 12.2 Å². The number of benzene rings is 1. The molecule has 2 N–H and O–H groups in total. The molecule has 0 fully saturated rings. The Morgan fingerprint density at radius 2 is 2.05 bits per heavy atom. The van der Waals surface area contributed by atoms with Crippen LogP contribution in [0.3, 0.4) is 0 Å². The van der Waals surface area contributed by atoms with Crippen LogP contribution in [0.4, 0.5) is 5.82 Å². The van der Waals surface area contributed by atoms with E-state index in [-0.39, 0.29) is 0 Å². The number of nitrogens with one attached hydrogen (secondary N) is 2. The van der Waals surface area contributed by atoms with Crippen molar-refractivity contribution in [2.45, 2.75) is 6.54 Å². The highest BCUT2D eigenvalue weighted by Gasteiger charge is 2.11. The number of hydrogen-bond acceptors (Lipinski definition) is 5. The minimum absolute atomic E-state index is 0.491. The fourth-order valence-corrected chi connectivity index (χ4v) is 2.08. The monoisotopic (exact) mass is 302 g/mol. The van der Waals surface area contributed by atoms with Gasteiger partial charge in [-0.3, -0.25) is 4.98 Å². The van der Waals surface area contributed by atoms with Gasteiger partial charge in [0.05, 0.1) is 6.20 Å². The maximum absolute atomic E-state index is 5.55. The van der Waals surface area contributed by atoms with Crippen LogP contribution in [0, 0.1) is 0 Å². The van der Waals surface area contributed by atoms with Gasteiger partial charge in [0.15, 0.2) is 22.4 Å². The molecule has 0 unspecified atom stereocenters. The van der Waals surface area contributed by atoms with Crippen LogP contribution in [0.1, 0.15) is 5.56 Å². The number of aromatic nitrogens is 2. The maximum atomic E-state index is 5.55. The van der Waals surface area contributed by atoms with Crippen molar-refractivity contribution in [2.75, 3.05) is 18.5 Å². The lowest BCUT2D eigenvalue weighted by atomic mass is 10.2. The molecule has 21 heavy (non-hydrogen) atoms. The second kappa shape index (κ2) is 6.36. The lowest BCUT2D eigenvalue weighted by Crippen LogP contribution is -2.28. The lowest BCUT2D eigenvalue weighted by molar-refractivity contribution is 0.171. The van der Waals surface area contributed by atoms with Crippen LogP contribution < -0.4 is 20.1 Å². The molecule has 2 heterocycles.